The first-order chi connectivity index (χ1) is 11.6. The van der Waals surface area contributed by atoms with E-state index in [0.717, 1.165) is 43.8 Å². The first kappa shape index (κ1) is 20.5. The maximum Gasteiger partial charge on any atom is 0.223 e. The Labute approximate surface area is 162 Å². The third-order valence-electron chi connectivity index (χ3n) is 5.86. The van der Waals surface area contributed by atoms with Crippen molar-refractivity contribution in [2.75, 3.05) is 13.1 Å². The number of amides is 1. The molecule has 2 fully saturated rings. The van der Waals surface area contributed by atoms with Gasteiger partial charge in [0.1, 0.15) is 0 Å². The first-order valence-electron chi connectivity index (χ1n) is 9.36. The predicted octanol–water partition coefficient (Wildman–Crippen LogP) is 4.47. The molecule has 1 aliphatic heterocycles. The molecule has 1 aromatic rings. The van der Waals surface area contributed by atoms with Crippen molar-refractivity contribution in [2.45, 2.75) is 63.3 Å². The third-order valence-corrected chi connectivity index (χ3v) is 6.11. The summed E-state index contributed by atoms with van der Waals surface area (Å²) in [5.74, 6) is 0.398. The number of nitrogens with one attached hydrogen (secondary N) is 2. The molecular weight excluding hydrogens is 355 g/mol. The molecule has 1 saturated heterocycles. The van der Waals surface area contributed by atoms with Gasteiger partial charge in [0.25, 0.3) is 0 Å². The van der Waals surface area contributed by atoms with Crippen LogP contribution in [0.4, 0.5) is 0 Å². The zero-order valence-corrected chi connectivity index (χ0v) is 16.6. The number of benzene rings is 1. The van der Waals surface area contributed by atoms with Crippen molar-refractivity contribution in [2.24, 2.45) is 5.92 Å². The van der Waals surface area contributed by atoms with Crippen molar-refractivity contribution >= 4 is 29.9 Å². The van der Waals surface area contributed by atoms with Crippen LogP contribution in [0.25, 0.3) is 0 Å². The van der Waals surface area contributed by atoms with E-state index in [9.17, 15) is 4.79 Å². The molecule has 0 unspecified atom stereocenters. The van der Waals surface area contributed by atoms with Gasteiger partial charge in [-0.25, -0.2) is 0 Å². The molecule has 0 aromatic heterocycles. The van der Waals surface area contributed by atoms with Crippen molar-refractivity contribution in [1.82, 2.24) is 10.6 Å². The second kappa shape index (κ2) is 9.25. The van der Waals surface area contributed by atoms with Gasteiger partial charge in [0.2, 0.25) is 5.91 Å². The van der Waals surface area contributed by atoms with Crippen LogP contribution in [0, 0.1) is 5.92 Å². The average molecular weight is 385 g/mol. The Morgan fingerprint density at radius 1 is 1.24 bits per heavy atom. The fourth-order valence-corrected chi connectivity index (χ4v) is 4.50. The van der Waals surface area contributed by atoms with Crippen molar-refractivity contribution in [1.29, 1.82) is 0 Å². The van der Waals surface area contributed by atoms with Crippen LogP contribution >= 0.6 is 24.0 Å². The maximum atomic E-state index is 12.7. The number of piperidine rings is 1. The Balaban J connectivity index is 0.00000225. The standard InChI is InChI=1S/C20H29ClN2O.ClH/c1-15-13-16(9-12-22-15)19(24)23-14-20(10-3-2-4-11-20)17-5-7-18(21)8-6-17;/h5-8,15-16,22H,2-4,9-14H2,1H3,(H,23,24);1H/t15-,16-;/m0./s1. The van der Waals surface area contributed by atoms with Gasteiger partial charge in [0.05, 0.1) is 0 Å². The minimum atomic E-state index is 0. The van der Waals surface area contributed by atoms with Crippen LogP contribution in [0.15, 0.2) is 24.3 Å². The summed E-state index contributed by atoms with van der Waals surface area (Å²) >= 11 is 6.06. The van der Waals surface area contributed by atoms with E-state index in [4.69, 9.17) is 11.6 Å². The second-order valence-corrected chi connectivity index (χ2v) is 8.08. The lowest BCUT2D eigenvalue weighted by molar-refractivity contribution is -0.126. The lowest BCUT2D eigenvalue weighted by Gasteiger charge is -2.39. The minimum absolute atomic E-state index is 0. The molecule has 140 valence electrons. The Hall–Kier alpha value is -0.770. The molecule has 2 aliphatic rings. The van der Waals surface area contributed by atoms with Gasteiger partial charge in [-0.15, -0.1) is 12.4 Å². The number of halogens is 2. The Morgan fingerprint density at radius 3 is 2.56 bits per heavy atom. The Morgan fingerprint density at radius 2 is 1.92 bits per heavy atom. The number of rotatable bonds is 4. The maximum absolute atomic E-state index is 12.7. The minimum Gasteiger partial charge on any atom is -0.355 e. The zero-order valence-electron chi connectivity index (χ0n) is 15.0. The van der Waals surface area contributed by atoms with E-state index in [1.807, 2.05) is 12.1 Å². The lowest BCUT2D eigenvalue weighted by Crippen LogP contribution is -2.47. The highest BCUT2D eigenvalue weighted by Gasteiger charge is 2.35. The summed E-state index contributed by atoms with van der Waals surface area (Å²) in [5, 5.41) is 7.49. The fraction of sp³-hybridized carbons (Fsp3) is 0.650. The third kappa shape index (κ3) is 5.12. The van der Waals surface area contributed by atoms with Crippen molar-refractivity contribution in [3.8, 4) is 0 Å². The Kier molecular flexibility index (Phi) is 7.60. The van der Waals surface area contributed by atoms with Crippen LogP contribution < -0.4 is 10.6 Å². The van der Waals surface area contributed by atoms with Crippen LogP contribution in [0.2, 0.25) is 5.02 Å². The first-order valence-corrected chi connectivity index (χ1v) is 9.74. The average Bonchev–Trinajstić information content (AvgIpc) is 2.61. The summed E-state index contributed by atoms with van der Waals surface area (Å²) in [5.41, 5.74) is 1.40. The number of carbonyl (C=O) groups is 1. The summed E-state index contributed by atoms with van der Waals surface area (Å²) in [6, 6.07) is 8.68. The van der Waals surface area contributed by atoms with E-state index >= 15 is 0 Å². The molecule has 1 aromatic carbocycles. The predicted molar refractivity (Wildman–Crippen MR) is 107 cm³/mol. The molecule has 25 heavy (non-hydrogen) atoms. The van der Waals surface area contributed by atoms with Crippen LogP contribution in [0.5, 0.6) is 0 Å². The summed E-state index contributed by atoms with van der Waals surface area (Å²) in [7, 11) is 0. The van der Waals surface area contributed by atoms with E-state index in [0.29, 0.717) is 6.04 Å². The van der Waals surface area contributed by atoms with Crippen LogP contribution in [0.3, 0.4) is 0 Å². The second-order valence-electron chi connectivity index (χ2n) is 7.64. The zero-order chi connectivity index (χ0) is 17.0. The molecule has 0 spiro atoms. The lowest BCUT2D eigenvalue weighted by atomic mass is 9.69. The molecule has 1 heterocycles. The normalized spacial score (nSPS) is 25.7. The van der Waals surface area contributed by atoms with Crippen LogP contribution in [-0.4, -0.2) is 25.0 Å². The number of carbonyl (C=O) groups excluding carboxylic acids is 1. The highest BCUT2D eigenvalue weighted by Crippen LogP contribution is 2.39. The number of hydrogen-bond acceptors (Lipinski definition) is 2. The smallest absolute Gasteiger partial charge is 0.223 e. The summed E-state index contributed by atoms with van der Waals surface area (Å²) in [4.78, 5) is 12.7. The summed E-state index contributed by atoms with van der Waals surface area (Å²) < 4.78 is 0. The molecule has 0 bridgehead atoms. The van der Waals surface area contributed by atoms with Gasteiger partial charge in [0.15, 0.2) is 0 Å². The van der Waals surface area contributed by atoms with Gasteiger partial charge in [-0.05, 0) is 56.8 Å². The van der Waals surface area contributed by atoms with Crippen molar-refractivity contribution in [3.63, 3.8) is 0 Å². The quantitative estimate of drug-likeness (QED) is 0.803. The van der Waals surface area contributed by atoms with E-state index in [1.165, 1.54) is 24.8 Å². The van der Waals surface area contributed by atoms with Crippen LogP contribution in [0.1, 0.15) is 57.4 Å². The monoisotopic (exact) mass is 384 g/mol. The molecule has 1 amide bonds. The largest absolute Gasteiger partial charge is 0.355 e. The van der Waals surface area contributed by atoms with Crippen molar-refractivity contribution < 1.29 is 4.79 Å². The van der Waals surface area contributed by atoms with E-state index in [-0.39, 0.29) is 29.6 Å². The highest BCUT2D eigenvalue weighted by molar-refractivity contribution is 6.30. The van der Waals surface area contributed by atoms with E-state index < -0.39 is 0 Å². The van der Waals surface area contributed by atoms with Gasteiger partial charge >= 0.3 is 0 Å². The molecule has 1 saturated carbocycles. The summed E-state index contributed by atoms with van der Waals surface area (Å²) in [6.07, 6.45) is 7.97. The van der Waals surface area contributed by atoms with Gasteiger partial charge in [0, 0.05) is 28.9 Å². The molecule has 2 atom stereocenters. The molecule has 3 rings (SSSR count). The molecular formula is C20H30Cl2N2O. The molecule has 5 heteroatoms. The molecule has 3 nitrogen and oxygen atoms in total. The van der Waals surface area contributed by atoms with Gasteiger partial charge in [-0.1, -0.05) is 43.0 Å². The van der Waals surface area contributed by atoms with Crippen molar-refractivity contribution in [3.05, 3.63) is 34.9 Å². The molecule has 2 N–H and O–H groups in total. The fourth-order valence-electron chi connectivity index (χ4n) is 4.37. The van der Waals surface area contributed by atoms with E-state index in [2.05, 4.69) is 29.7 Å². The van der Waals surface area contributed by atoms with Gasteiger partial charge in [-0.3, -0.25) is 4.79 Å². The SMILES string of the molecule is C[C@H]1C[C@@H](C(=O)NCC2(c3ccc(Cl)cc3)CCCCC2)CCN1.Cl. The van der Waals surface area contributed by atoms with Gasteiger partial charge in [-0.2, -0.15) is 0 Å². The molecule has 0 radical (unpaired) electrons. The van der Waals surface area contributed by atoms with E-state index in [1.54, 1.807) is 0 Å². The number of hydrogen-bond donors (Lipinski definition) is 2. The highest BCUT2D eigenvalue weighted by atomic mass is 35.5. The topological polar surface area (TPSA) is 41.1 Å². The molecule has 1 aliphatic carbocycles. The van der Waals surface area contributed by atoms with Gasteiger partial charge < -0.3 is 10.6 Å². The Bertz CT molecular complexity index is 555. The summed E-state index contributed by atoms with van der Waals surface area (Å²) in [6.45, 7) is 3.86. The van der Waals surface area contributed by atoms with Crippen LogP contribution in [-0.2, 0) is 10.2 Å².